The van der Waals surface area contributed by atoms with Crippen molar-refractivity contribution in [1.29, 1.82) is 0 Å². The number of hydrogen-bond acceptors (Lipinski definition) is 4. The molecule has 17 heavy (non-hydrogen) atoms. The van der Waals surface area contributed by atoms with Crippen LogP contribution in [0.15, 0.2) is 0 Å². The van der Waals surface area contributed by atoms with E-state index in [4.69, 9.17) is 9.79 Å². The predicted octanol–water partition coefficient (Wildman–Crippen LogP) is -0.382. The quantitative estimate of drug-likeness (QED) is 0.309. The van der Waals surface area contributed by atoms with E-state index in [0.717, 1.165) is 0 Å². The summed E-state index contributed by atoms with van der Waals surface area (Å²) in [6.07, 6.45) is -0.351. The molecule has 0 aliphatic carbocycles. The first-order chi connectivity index (χ1) is 7.59. The van der Waals surface area contributed by atoms with E-state index < -0.39 is 32.9 Å². The summed E-state index contributed by atoms with van der Waals surface area (Å²) in [6.45, 7) is 0.968. The molecule has 3 atom stereocenters. The van der Waals surface area contributed by atoms with E-state index in [1.54, 1.807) is 0 Å². The molecule has 0 radical (unpaired) electrons. The van der Waals surface area contributed by atoms with Crippen molar-refractivity contribution in [3.05, 3.63) is 0 Å². The molecule has 1 rings (SSSR count). The Kier molecular flexibility index (Phi) is 5.27. The minimum atomic E-state index is -4.53. The zero-order chi connectivity index (χ0) is 13.3. The highest BCUT2D eigenvalue weighted by molar-refractivity contribution is 7.81. The van der Waals surface area contributed by atoms with Gasteiger partial charge in [0.2, 0.25) is 0 Å². The molecule has 0 saturated carbocycles. The monoisotopic (exact) mass is 305 g/mol. The summed E-state index contributed by atoms with van der Waals surface area (Å²) in [5.74, 6) is -0.472. The molecule has 10 heteroatoms. The highest BCUT2D eigenvalue weighted by atomic mass is 32.1. The topological polar surface area (TPSA) is 127 Å². The van der Waals surface area contributed by atoms with Crippen molar-refractivity contribution in [3.63, 3.8) is 0 Å². The van der Waals surface area contributed by atoms with Gasteiger partial charge in [-0.3, -0.25) is 9.13 Å². The largest absolute Gasteiger partial charge is 0.329 e. The highest BCUT2D eigenvalue weighted by Crippen LogP contribution is 2.52. The van der Waals surface area contributed by atoms with Gasteiger partial charge in [-0.1, -0.05) is 0 Å². The molecule has 5 N–H and O–H groups in total. The van der Waals surface area contributed by atoms with Crippen LogP contribution in [0, 0.1) is 5.92 Å². The van der Waals surface area contributed by atoms with E-state index in [0.29, 0.717) is 19.5 Å². The van der Waals surface area contributed by atoms with Crippen molar-refractivity contribution >= 4 is 27.8 Å². The molecule has 0 amide bonds. The Labute approximate surface area is 105 Å². The second-order valence-electron chi connectivity index (χ2n) is 4.31. The van der Waals surface area contributed by atoms with Gasteiger partial charge in [-0.2, -0.15) is 12.6 Å². The lowest BCUT2D eigenvalue weighted by Crippen LogP contribution is -2.43. The smallest absolute Gasteiger partial charge is 0.324 e. The number of nitrogens with one attached hydrogen (secondary N) is 1. The summed E-state index contributed by atoms with van der Waals surface area (Å²) in [5.41, 5.74) is -1.31. The predicted molar refractivity (Wildman–Crippen MR) is 66.5 cm³/mol. The first kappa shape index (κ1) is 15.7. The molecule has 102 valence electrons. The van der Waals surface area contributed by atoms with Crippen molar-refractivity contribution in [2.24, 2.45) is 5.92 Å². The number of thiol groups is 1. The van der Waals surface area contributed by atoms with Crippen molar-refractivity contribution in [3.8, 4) is 0 Å². The maximum atomic E-state index is 11.3. The molecule has 0 aromatic carbocycles. The van der Waals surface area contributed by atoms with Crippen LogP contribution in [0.5, 0.6) is 0 Å². The van der Waals surface area contributed by atoms with Crippen LogP contribution in [0.3, 0.4) is 0 Å². The van der Waals surface area contributed by atoms with Crippen molar-refractivity contribution in [1.82, 2.24) is 5.32 Å². The molecule has 0 spiro atoms. The molecule has 1 heterocycles. The standard InChI is InChI=1S/C7H17NO6P2S/c9-15(10,11)4-7(16(12,13)14)5-1-6(17)3-8-2-5/h5-8,17H,1-4H2,(H2,9,10,11)(H2,12,13,14). The van der Waals surface area contributed by atoms with Gasteiger partial charge in [-0.25, -0.2) is 0 Å². The van der Waals surface area contributed by atoms with Crippen LogP contribution in [0.4, 0.5) is 0 Å². The Morgan fingerprint density at radius 2 is 1.82 bits per heavy atom. The van der Waals surface area contributed by atoms with Gasteiger partial charge in [0.1, 0.15) is 0 Å². The van der Waals surface area contributed by atoms with Gasteiger partial charge >= 0.3 is 15.2 Å². The highest BCUT2D eigenvalue weighted by Gasteiger charge is 2.41. The van der Waals surface area contributed by atoms with E-state index >= 15 is 0 Å². The molecule has 1 fully saturated rings. The summed E-state index contributed by atoms with van der Waals surface area (Å²) in [6, 6.07) is 0. The van der Waals surface area contributed by atoms with Crippen LogP contribution < -0.4 is 5.32 Å². The van der Waals surface area contributed by atoms with Crippen LogP contribution in [0.25, 0.3) is 0 Å². The summed E-state index contributed by atoms with van der Waals surface area (Å²) in [7, 11) is -8.98. The molecule has 1 saturated heterocycles. The minimum absolute atomic E-state index is 0.0560. The van der Waals surface area contributed by atoms with Gasteiger partial charge in [0.15, 0.2) is 0 Å². The van der Waals surface area contributed by atoms with Crippen molar-refractivity contribution in [2.75, 3.05) is 19.3 Å². The minimum Gasteiger partial charge on any atom is -0.324 e. The molecule has 0 aromatic rings. The first-order valence-electron chi connectivity index (χ1n) is 5.08. The number of hydrogen-bond donors (Lipinski definition) is 6. The fourth-order valence-corrected chi connectivity index (χ4v) is 5.47. The second-order valence-corrected chi connectivity index (χ2v) is 8.58. The maximum Gasteiger partial charge on any atom is 0.329 e. The second kappa shape index (κ2) is 5.72. The summed E-state index contributed by atoms with van der Waals surface area (Å²) in [4.78, 5) is 36.1. The van der Waals surface area contributed by atoms with E-state index in [1.807, 2.05) is 0 Å². The van der Waals surface area contributed by atoms with Crippen LogP contribution in [-0.4, -0.2) is 49.7 Å². The Bertz CT molecular complexity index is 354. The van der Waals surface area contributed by atoms with Crippen molar-refractivity contribution in [2.45, 2.75) is 17.3 Å². The molecule has 1 aliphatic heterocycles. The molecular weight excluding hydrogens is 288 g/mol. The van der Waals surface area contributed by atoms with Gasteiger partial charge in [0.25, 0.3) is 0 Å². The first-order valence-corrected chi connectivity index (χ1v) is 9.08. The van der Waals surface area contributed by atoms with Crippen LogP contribution in [-0.2, 0) is 9.13 Å². The van der Waals surface area contributed by atoms with Crippen LogP contribution in [0.1, 0.15) is 6.42 Å². The molecule has 0 bridgehead atoms. The van der Waals surface area contributed by atoms with E-state index in [1.165, 1.54) is 0 Å². The average molecular weight is 305 g/mol. The number of piperidine rings is 1. The van der Waals surface area contributed by atoms with Gasteiger partial charge in [-0.05, 0) is 18.9 Å². The lowest BCUT2D eigenvalue weighted by atomic mass is 9.96. The van der Waals surface area contributed by atoms with E-state index in [9.17, 15) is 18.9 Å². The fraction of sp³-hybridized carbons (Fsp3) is 1.00. The lowest BCUT2D eigenvalue weighted by molar-refractivity contribution is 0.300. The molecular formula is C7H17NO6P2S. The molecule has 0 aromatic heterocycles. The van der Waals surface area contributed by atoms with E-state index in [-0.39, 0.29) is 5.25 Å². The van der Waals surface area contributed by atoms with Gasteiger partial charge < -0.3 is 24.9 Å². The Morgan fingerprint density at radius 1 is 1.24 bits per heavy atom. The van der Waals surface area contributed by atoms with Crippen molar-refractivity contribution < 1.29 is 28.7 Å². The third-order valence-corrected chi connectivity index (χ3v) is 5.78. The van der Waals surface area contributed by atoms with Crippen LogP contribution >= 0.6 is 27.8 Å². The third kappa shape index (κ3) is 5.41. The van der Waals surface area contributed by atoms with Gasteiger partial charge in [0, 0.05) is 11.8 Å². The SMILES string of the molecule is O=P(O)(O)CC(C1CNCC(S)C1)P(=O)(O)O. The Balaban J connectivity index is 2.83. The third-order valence-electron chi connectivity index (χ3n) is 2.76. The van der Waals surface area contributed by atoms with Crippen LogP contribution in [0.2, 0.25) is 0 Å². The normalized spacial score (nSPS) is 29.0. The summed E-state index contributed by atoms with van der Waals surface area (Å²) < 4.78 is 22.2. The molecule has 1 aliphatic rings. The fourth-order valence-electron chi connectivity index (χ4n) is 2.02. The Morgan fingerprint density at radius 3 is 2.24 bits per heavy atom. The van der Waals surface area contributed by atoms with Gasteiger partial charge in [-0.15, -0.1) is 0 Å². The average Bonchev–Trinajstić information content (AvgIpc) is 2.11. The lowest BCUT2D eigenvalue weighted by Gasteiger charge is -2.33. The summed E-state index contributed by atoms with van der Waals surface area (Å²) >= 11 is 4.21. The van der Waals surface area contributed by atoms with E-state index in [2.05, 4.69) is 17.9 Å². The maximum absolute atomic E-state index is 11.3. The van der Waals surface area contributed by atoms with Gasteiger partial charge in [0.05, 0.1) is 11.8 Å². The zero-order valence-corrected chi connectivity index (χ0v) is 11.7. The summed E-state index contributed by atoms with van der Waals surface area (Å²) in [5, 5.41) is 2.89. The molecule has 3 unspecified atom stereocenters. The number of rotatable bonds is 4. The molecule has 7 nitrogen and oxygen atoms in total. The Hall–Kier alpha value is 0.610. The zero-order valence-electron chi connectivity index (χ0n) is 9.01.